The Balaban J connectivity index is 0.000000226. The van der Waals surface area contributed by atoms with Crippen LogP contribution in [0.2, 0.25) is 39.3 Å². The monoisotopic (exact) mass is 744 g/mol. The molecule has 5 aromatic carbocycles. The van der Waals surface area contributed by atoms with Gasteiger partial charge in [0.1, 0.15) is 0 Å². The van der Waals surface area contributed by atoms with E-state index in [0.29, 0.717) is 5.92 Å². The Kier molecular flexibility index (Phi) is 12.1. The predicted molar refractivity (Wildman–Crippen MR) is 202 cm³/mol. The van der Waals surface area contributed by atoms with Gasteiger partial charge in [-0.25, -0.2) is 0 Å². The summed E-state index contributed by atoms with van der Waals surface area (Å²) in [5.74, 6) is 0.690. The number of benzene rings is 4. The molecule has 0 atom stereocenters. The van der Waals surface area contributed by atoms with Crippen LogP contribution in [0.3, 0.4) is 0 Å². The van der Waals surface area contributed by atoms with Gasteiger partial charge < -0.3 is 0 Å². The molecule has 226 valence electrons. The van der Waals surface area contributed by atoms with Crippen molar-refractivity contribution in [1.29, 1.82) is 0 Å². The Labute approximate surface area is 289 Å². The van der Waals surface area contributed by atoms with Gasteiger partial charge in [0, 0.05) is 0 Å². The zero-order chi connectivity index (χ0) is 32.2. The van der Waals surface area contributed by atoms with Crippen molar-refractivity contribution >= 4 is 74.2 Å². The molecule has 0 saturated carbocycles. The maximum Gasteiger partial charge on any atom is 0.0920 e. The number of hydrogen-bond acceptors (Lipinski definition) is 0. The van der Waals surface area contributed by atoms with Crippen LogP contribution >= 0.6 is 17.0 Å². The zero-order valence-electron chi connectivity index (χ0n) is 27.6. The van der Waals surface area contributed by atoms with Crippen LogP contribution in [0.5, 0.6) is 0 Å². The summed E-state index contributed by atoms with van der Waals surface area (Å²) >= 11 is -0.826. The molecule has 0 spiro atoms. The fourth-order valence-corrected chi connectivity index (χ4v) is 9.60. The number of hydrogen-bond donors (Lipinski definition) is 0. The van der Waals surface area contributed by atoms with E-state index < -0.39 is 37.0 Å². The fourth-order valence-electron chi connectivity index (χ4n) is 5.79. The molecule has 1 aliphatic rings. The van der Waals surface area contributed by atoms with Gasteiger partial charge in [-0.1, -0.05) is 128 Å². The Morgan fingerprint density at radius 2 is 1.43 bits per heavy atom. The summed E-state index contributed by atoms with van der Waals surface area (Å²) in [6, 6.07) is 35.2. The van der Waals surface area contributed by atoms with Gasteiger partial charge in [-0.3, -0.25) is 0 Å². The van der Waals surface area contributed by atoms with Crippen LogP contribution < -0.4 is 20.7 Å². The van der Waals surface area contributed by atoms with E-state index in [2.05, 4.69) is 145 Å². The molecule has 0 N–H and O–H groups in total. The second-order valence-corrected chi connectivity index (χ2v) is 29.4. The van der Waals surface area contributed by atoms with Gasteiger partial charge in [0.2, 0.25) is 0 Å². The summed E-state index contributed by atoms with van der Waals surface area (Å²) in [6.07, 6.45) is 1.16. The summed E-state index contributed by atoms with van der Waals surface area (Å²) in [7, 11) is 7.89. The third kappa shape index (κ3) is 8.69. The molecular formula is C38H44Cl2Si3Zr. The first-order valence-corrected chi connectivity index (χ1v) is 29.7. The summed E-state index contributed by atoms with van der Waals surface area (Å²) in [6.45, 7) is 21.7. The quantitative estimate of drug-likeness (QED) is 0.122. The summed E-state index contributed by atoms with van der Waals surface area (Å²) < 4.78 is 0. The summed E-state index contributed by atoms with van der Waals surface area (Å²) in [5.41, 5.74) is 8.52. The van der Waals surface area contributed by atoms with E-state index in [1.54, 1.807) is 10.4 Å². The van der Waals surface area contributed by atoms with Gasteiger partial charge in [-0.2, -0.15) is 35.5 Å². The molecule has 5 aromatic rings. The minimum atomic E-state index is -1.39. The maximum absolute atomic E-state index is 4.93. The Bertz CT molecular complexity index is 1650. The van der Waals surface area contributed by atoms with Crippen molar-refractivity contribution in [2.75, 3.05) is 0 Å². The van der Waals surface area contributed by atoms with Crippen molar-refractivity contribution in [1.82, 2.24) is 0 Å². The molecule has 0 fully saturated rings. The molecule has 6 heteroatoms. The first kappa shape index (κ1) is 35.5. The van der Waals surface area contributed by atoms with Crippen molar-refractivity contribution in [2.45, 2.75) is 66.5 Å². The van der Waals surface area contributed by atoms with Crippen LogP contribution in [-0.4, -0.2) is 25.7 Å². The molecule has 0 nitrogen and oxygen atoms in total. The van der Waals surface area contributed by atoms with Crippen LogP contribution in [0.1, 0.15) is 25.0 Å². The number of halogens is 2. The largest absolute Gasteiger partial charge is 0.184 e. The minimum Gasteiger partial charge on any atom is -0.184 e. The third-order valence-electron chi connectivity index (χ3n) is 8.09. The molecule has 1 aliphatic heterocycles. The molecule has 2 radical (unpaired) electrons. The van der Waals surface area contributed by atoms with E-state index in [4.69, 9.17) is 17.0 Å². The Morgan fingerprint density at radius 3 is 2.05 bits per heavy atom. The van der Waals surface area contributed by atoms with E-state index in [1.165, 1.54) is 54.5 Å². The second-order valence-electron chi connectivity index (χ2n) is 14.2. The topological polar surface area (TPSA) is 0 Å². The van der Waals surface area contributed by atoms with Crippen molar-refractivity contribution in [3.63, 3.8) is 0 Å². The minimum absolute atomic E-state index is 0.690. The summed E-state index contributed by atoms with van der Waals surface area (Å²) in [4.78, 5) is 0. The zero-order valence-corrected chi connectivity index (χ0v) is 34.6. The first-order chi connectivity index (χ1) is 20.7. The number of rotatable bonds is 5. The van der Waals surface area contributed by atoms with Crippen LogP contribution in [-0.2, 0) is 27.3 Å². The molecule has 1 heterocycles. The fraction of sp³-hybridized carbons (Fsp3) is 0.289. The summed E-state index contributed by atoms with van der Waals surface area (Å²) in [5, 5.41) is 8.83. The van der Waals surface area contributed by atoms with Crippen LogP contribution in [0.15, 0.2) is 84.9 Å². The van der Waals surface area contributed by atoms with E-state index >= 15 is 0 Å². The normalized spacial score (nSPS) is 12.1. The molecule has 0 aromatic heterocycles. The first-order valence-electron chi connectivity index (χ1n) is 15.4. The molecule has 0 unspecified atom stereocenters. The average molecular weight is 747 g/mol. The van der Waals surface area contributed by atoms with E-state index in [9.17, 15) is 0 Å². The van der Waals surface area contributed by atoms with Gasteiger partial charge in [0.25, 0.3) is 0 Å². The average Bonchev–Trinajstić information content (AvgIpc) is 3.53. The smallest absolute Gasteiger partial charge is 0.0920 e. The maximum atomic E-state index is 4.93. The second kappa shape index (κ2) is 15.0. The Morgan fingerprint density at radius 1 is 0.818 bits per heavy atom. The molecule has 6 rings (SSSR count). The van der Waals surface area contributed by atoms with E-state index in [-0.39, 0.29) is 0 Å². The predicted octanol–water partition coefficient (Wildman–Crippen LogP) is 9.32. The van der Waals surface area contributed by atoms with Gasteiger partial charge in [0.15, 0.2) is 0 Å². The molecule has 0 aliphatic carbocycles. The Hall–Kier alpha value is -1.40. The van der Waals surface area contributed by atoms with Gasteiger partial charge in [-0.15, -0.1) is 40.1 Å². The third-order valence-corrected chi connectivity index (χ3v) is 13.5. The van der Waals surface area contributed by atoms with Crippen molar-refractivity contribution in [3.05, 3.63) is 102 Å². The SMILES string of the molecule is Cc1ccc2[cH-]c(CC(C)C)cc2c1-c1cc([Si](C)(C)C)cc([Si](C)(C)C)c1.[Cl][Zr+2][Cl].[c-]1cccc2c1[Si]c1ccccc1-2. The molecular weight excluding hydrogens is 703 g/mol. The van der Waals surface area contributed by atoms with Crippen molar-refractivity contribution < 1.29 is 20.8 Å². The van der Waals surface area contributed by atoms with Crippen molar-refractivity contribution in [2.24, 2.45) is 5.92 Å². The number of fused-ring (bicyclic) bond motifs is 4. The number of aryl methyl sites for hydroxylation is 1. The van der Waals surface area contributed by atoms with Crippen molar-refractivity contribution in [3.8, 4) is 22.3 Å². The van der Waals surface area contributed by atoms with Crippen LogP contribution in [0.4, 0.5) is 0 Å². The molecule has 44 heavy (non-hydrogen) atoms. The van der Waals surface area contributed by atoms with Gasteiger partial charge in [-0.05, 0) is 24.8 Å². The molecule has 0 amide bonds. The van der Waals surface area contributed by atoms with Crippen LogP contribution in [0, 0.1) is 18.9 Å². The van der Waals surface area contributed by atoms with Gasteiger partial charge in [0.05, 0.1) is 25.7 Å². The van der Waals surface area contributed by atoms with Crippen LogP contribution in [0.25, 0.3) is 33.0 Å². The van der Waals surface area contributed by atoms with Gasteiger partial charge >= 0.3 is 37.9 Å². The molecule has 0 saturated heterocycles. The van der Waals surface area contributed by atoms with E-state index in [0.717, 1.165) is 15.9 Å². The molecule has 0 bridgehead atoms. The standard InChI is InChI=1S/C26H37Si2.C12H7Si.2ClH.Zr/c1-18(2)12-20-13-21-11-10-19(3)26(25(21)14-20)22-15-23(27(4,5)6)17-24(16-22)28(7,8)9;1-3-7-11-9(5-1)10-6-2-4-8-12(10)13-11;;;/h10-11,13-18H,12H2,1-9H3;1-7H;2*1H;/q2*-1;;;+4/p-2. The van der Waals surface area contributed by atoms with E-state index in [1.807, 2.05) is 6.07 Å².